The van der Waals surface area contributed by atoms with Crippen LogP contribution in [-0.2, 0) is 19.4 Å². The van der Waals surface area contributed by atoms with Crippen LogP contribution in [0.3, 0.4) is 0 Å². The number of carbonyl (C=O) groups excluding carboxylic acids is 2. The molecule has 1 unspecified atom stereocenters. The third kappa shape index (κ3) is 5.15. The van der Waals surface area contributed by atoms with Gasteiger partial charge in [-0.05, 0) is 13.3 Å². The van der Waals surface area contributed by atoms with Crippen LogP contribution in [0.25, 0.3) is 0 Å². The van der Waals surface area contributed by atoms with Crippen molar-refractivity contribution in [1.29, 1.82) is 0 Å². The lowest BCUT2D eigenvalue weighted by atomic mass is 10.2. The van der Waals surface area contributed by atoms with Crippen molar-refractivity contribution in [1.82, 2.24) is 20.4 Å². The Morgan fingerprint density at radius 2 is 2.00 bits per heavy atom. The number of carbonyl (C=O) groups is 2. The molecule has 9 heteroatoms. The van der Waals surface area contributed by atoms with E-state index in [-0.39, 0.29) is 17.5 Å². The number of piperazine rings is 1. The van der Waals surface area contributed by atoms with Gasteiger partial charge < -0.3 is 15.5 Å². The number of nitrogens with one attached hydrogen (secondary N) is 2. The lowest BCUT2D eigenvalue weighted by Crippen LogP contribution is -2.50. The van der Waals surface area contributed by atoms with Crippen LogP contribution < -0.4 is 10.6 Å². The van der Waals surface area contributed by atoms with Crippen LogP contribution >= 0.6 is 0 Å². The molecule has 0 aliphatic carbocycles. The van der Waals surface area contributed by atoms with Crippen molar-refractivity contribution in [3.63, 3.8) is 0 Å². The van der Waals surface area contributed by atoms with Gasteiger partial charge in [0.1, 0.15) is 0 Å². The van der Waals surface area contributed by atoms with Gasteiger partial charge in [-0.15, -0.1) is 0 Å². The lowest BCUT2D eigenvalue weighted by Gasteiger charge is -2.28. The second kappa shape index (κ2) is 8.07. The van der Waals surface area contributed by atoms with E-state index in [9.17, 15) is 18.0 Å². The van der Waals surface area contributed by atoms with E-state index in [1.54, 1.807) is 6.92 Å². The zero-order valence-electron chi connectivity index (χ0n) is 13.6. The number of hydrogen-bond donors (Lipinski definition) is 2. The molecule has 0 aromatic carbocycles. The minimum atomic E-state index is -3.08. The first-order valence-corrected chi connectivity index (χ1v) is 9.97. The molecule has 2 N–H and O–H groups in total. The van der Waals surface area contributed by atoms with Crippen LogP contribution in [0, 0.1) is 0 Å². The van der Waals surface area contributed by atoms with E-state index in [0.29, 0.717) is 26.1 Å². The summed E-state index contributed by atoms with van der Waals surface area (Å²) in [6.07, 6.45) is 0.413. The highest BCUT2D eigenvalue weighted by molar-refractivity contribution is 7.91. The van der Waals surface area contributed by atoms with Crippen LogP contribution in [-0.4, -0.2) is 93.4 Å². The van der Waals surface area contributed by atoms with Gasteiger partial charge in [-0.3, -0.25) is 14.5 Å². The van der Waals surface area contributed by atoms with E-state index in [2.05, 4.69) is 15.5 Å². The largest absolute Gasteiger partial charge is 0.347 e. The van der Waals surface area contributed by atoms with Crippen molar-refractivity contribution >= 4 is 21.7 Å². The Kier molecular flexibility index (Phi) is 6.37. The fourth-order valence-corrected chi connectivity index (χ4v) is 4.79. The maximum absolute atomic E-state index is 12.2. The third-order valence-electron chi connectivity index (χ3n) is 4.37. The van der Waals surface area contributed by atoms with Crippen molar-refractivity contribution in [2.45, 2.75) is 19.4 Å². The van der Waals surface area contributed by atoms with Crippen molar-refractivity contribution in [3.05, 3.63) is 0 Å². The highest BCUT2D eigenvalue weighted by Crippen LogP contribution is 2.17. The molecular weight excluding hydrogens is 320 g/mol. The summed E-state index contributed by atoms with van der Waals surface area (Å²) in [5.41, 5.74) is 0. The number of hydrogen-bond acceptors (Lipinski definition) is 6. The highest BCUT2D eigenvalue weighted by atomic mass is 32.2. The maximum atomic E-state index is 12.2. The highest BCUT2D eigenvalue weighted by Gasteiger charge is 2.35. The molecule has 132 valence electrons. The van der Waals surface area contributed by atoms with E-state index in [0.717, 1.165) is 26.2 Å². The molecule has 2 aliphatic rings. The smallest absolute Gasteiger partial charge is 0.312 e. The lowest BCUT2D eigenvalue weighted by molar-refractivity contribution is -0.147. The Morgan fingerprint density at radius 3 is 2.57 bits per heavy atom. The van der Waals surface area contributed by atoms with Crippen molar-refractivity contribution < 1.29 is 18.0 Å². The minimum absolute atomic E-state index is 0.0410. The third-order valence-corrected chi connectivity index (χ3v) is 6.12. The zero-order valence-corrected chi connectivity index (χ0v) is 14.4. The monoisotopic (exact) mass is 346 g/mol. The fraction of sp³-hybridized carbons (Fsp3) is 0.857. The standard InChI is InChI=1S/C14H26N4O4S/c1-2-18(12-3-10-23(21,22)11-12)14(20)13(19)16-6-9-17-7-4-15-5-8-17/h12,15H,2-11H2,1H3,(H,16,19). The van der Waals surface area contributed by atoms with Gasteiger partial charge in [0.2, 0.25) is 0 Å². The summed E-state index contributed by atoms with van der Waals surface area (Å²) in [5.74, 6) is -1.23. The first-order chi connectivity index (χ1) is 10.9. The Balaban J connectivity index is 1.79. The summed E-state index contributed by atoms with van der Waals surface area (Å²) in [6.45, 7) is 6.98. The van der Waals surface area contributed by atoms with Crippen LogP contribution in [0.5, 0.6) is 0 Å². The van der Waals surface area contributed by atoms with E-state index < -0.39 is 21.7 Å². The average molecular weight is 346 g/mol. The Hall–Kier alpha value is -1.19. The normalized spacial score (nSPS) is 24.3. The van der Waals surface area contributed by atoms with E-state index >= 15 is 0 Å². The molecular formula is C14H26N4O4S. The molecule has 0 bridgehead atoms. The quantitative estimate of drug-likeness (QED) is 0.561. The first-order valence-electron chi connectivity index (χ1n) is 8.15. The summed E-state index contributed by atoms with van der Waals surface area (Å²) in [7, 11) is -3.08. The summed E-state index contributed by atoms with van der Waals surface area (Å²) in [6, 6.07) is -0.378. The van der Waals surface area contributed by atoms with Gasteiger partial charge in [-0.2, -0.15) is 0 Å². The van der Waals surface area contributed by atoms with Crippen LogP contribution in [0.2, 0.25) is 0 Å². The predicted octanol–water partition coefficient (Wildman–Crippen LogP) is -1.96. The van der Waals surface area contributed by atoms with Gasteiger partial charge in [0.05, 0.1) is 11.5 Å². The number of nitrogens with zero attached hydrogens (tertiary/aromatic N) is 2. The Bertz CT molecular complexity index is 531. The van der Waals surface area contributed by atoms with Gasteiger partial charge in [0, 0.05) is 51.9 Å². The molecule has 0 spiro atoms. The molecule has 0 saturated carbocycles. The maximum Gasteiger partial charge on any atom is 0.312 e. The van der Waals surface area contributed by atoms with Crippen LogP contribution in [0.4, 0.5) is 0 Å². The molecule has 2 rings (SSSR count). The Morgan fingerprint density at radius 1 is 1.30 bits per heavy atom. The van der Waals surface area contributed by atoms with Crippen molar-refractivity contribution in [2.24, 2.45) is 0 Å². The molecule has 2 aliphatic heterocycles. The topological polar surface area (TPSA) is 98.8 Å². The van der Waals surface area contributed by atoms with Gasteiger partial charge >= 0.3 is 11.8 Å². The minimum Gasteiger partial charge on any atom is -0.347 e. The number of rotatable bonds is 5. The molecule has 8 nitrogen and oxygen atoms in total. The van der Waals surface area contributed by atoms with Crippen molar-refractivity contribution in [2.75, 3.05) is 57.3 Å². The molecule has 0 aromatic rings. The summed E-state index contributed by atoms with van der Waals surface area (Å²) in [5, 5.41) is 5.90. The van der Waals surface area contributed by atoms with Gasteiger partial charge in [0.25, 0.3) is 0 Å². The Labute approximate surface area is 137 Å². The molecule has 2 amide bonds. The van der Waals surface area contributed by atoms with E-state index in [1.165, 1.54) is 4.90 Å². The SMILES string of the molecule is CCN(C(=O)C(=O)NCCN1CCNCC1)C1CCS(=O)(=O)C1. The number of amides is 2. The number of likely N-dealkylation sites (N-methyl/N-ethyl adjacent to an activating group) is 1. The average Bonchev–Trinajstić information content (AvgIpc) is 2.88. The molecule has 1 atom stereocenters. The predicted molar refractivity (Wildman–Crippen MR) is 86.8 cm³/mol. The summed E-state index contributed by atoms with van der Waals surface area (Å²) < 4.78 is 23.1. The zero-order chi connectivity index (χ0) is 16.9. The van der Waals surface area contributed by atoms with Crippen molar-refractivity contribution in [3.8, 4) is 0 Å². The summed E-state index contributed by atoms with van der Waals surface area (Å²) >= 11 is 0. The van der Waals surface area contributed by atoms with E-state index in [1.807, 2.05) is 0 Å². The fourth-order valence-electron chi connectivity index (χ4n) is 3.06. The molecule has 23 heavy (non-hydrogen) atoms. The van der Waals surface area contributed by atoms with E-state index in [4.69, 9.17) is 0 Å². The molecule has 2 fully saturated rings. The second-order valence-corrected chi connectivity index (χ2v) is 8.22. The van der Waals surface area contributed by atoms with Crippen LogP contribution in [0.15, 0.2) is 0 Å². The molecule has 2 saturated heterocycles. The molecule has 0 radical (unpaired) electrons. The molecule has 0 aromatic heterocycles. The first kappa shape index (κ1) is 18.2. The molecule has 2 heterocycles. The van der Waals surface area contributed by atoms with Gasteiger partial charge in [-0.1, -0.05) is 0 Å². The second-order valence-electron chi connectivity index (χ2n) is 6.00. The van der Waals surface area contributed by atoms with Gasteiger partial charge in [-0.25, -0.2) is 8.42 Å². The summed E-state index contributed by atoms with van der Waals surface area (Å²) in [4.78, 5) is 27.9. The van der Waals surface area contributed by atoms with Gasteiger partial charge in [0.15, 0.2) is 9.84 Å². The number of sulfone groups is 1. The van der Waals surface area contributed by atoms with Crippen LogP contribution in [0.1, 0.15) is 13.3 Å².